The molecule has 92 valence electrons. The average Bonchev–Trinajstić information content (AvgIpc) is 2.17. The van der Waals surface area contributed by atoms with Crippen LogP contribution >= 0.6 is 0 Å². The van der Waals surface area contributed by atoms with Gasteiger partial charge in [0.15, 0.2) is 0 Å². The average molecular weight is 227 g/mol. The topological polar surface area (TPSA) is 57.6 Å². The van der Waals surface area contributed by atoms with Gasteiger partial charge in [-0.25, -0.2) is 0 Å². The highest BCUT2D eigenvalue weighted by Gasteiger charge is 2.31. The molecule has 1 amide bonds. The molecule has 4 heteroatoms. The molecule has 4 nitrogen and oxygen atoms in total. The molecule has 0 saturated carbocycles. The molecule has 0 aliphatic carbocycles. The lowest BCUT2D eigenvalue weighted by Crippen LogP contribution is -2.43. The number of carbonyl (C=O) groups excluding carboxylic acids is 1. The van der Waals surface area contributed by atoms with Crippen molar-refractivity contribution in [3.05, 3.63) is 0 Å². The van der Waals surface area contributed by atoms with Crippen molar-refractivity contribution in [3.8, 4) is 0 Å². The van der Waals surface area contributed by atoms with Crippen LogP contribution in [0.3, 0.4) is 0 Å². The van der Waals surface area contributed by atoms with E-state index in [0.29, 0.717) is 19.5 Å². The van der Waals surface area contributed by atoms with Gasteiger partial charge in [-0.3, -0.25) is 9.59 Å². The van der Waals surface area contributed by atoms with Crippen molar-refractivity contribution in [3.63, 3.8) is 0 Å². The van der Waals surface area contributed by atoms with E-state index in [9.17, 15) is 9.59 Å². The van der Waals surface area contributed by atoms with Crippen LogP contribution in [0.25, 0.3) is 0 Å². The first-order chi connectivity index (χ1) is 7.43. The molecule has 0 radical (unpaired) electrons. The second kappa shape index (κ2) is 5.32. The highest BCUT2D eigenvalue weighted by molar-refractivity contribution is 5.78. The Morgan fingerprint density at radius 1 is 1.31 bits per heavy atom. The molecule has 1 N–H and O–H groups in total. The first-order valence-electron chi connectivity index (χ1n) is 5.95. The zero-order valence-corrected chi connectivity index (χ0v) is 10.2. The summed E-state index contributed by atoms with van der Waals surface area (Å²) in [5, 5.41) is 9.05. The first-order valence-corrected chi connectivity index (χ1v) is 5.95. The van der Waals surface area contributed by atoms with E-state index < -0.39 is 11.4 Å². The van der Waals surface area contributed by atoms with Gasteiger partial charge in [0.05, 0.1) is 5.41 Å². The smallest absolute Gasteiger partial charge is 0.310 e. The van der Waals surface area contributed by atoms with Crippen molar-refractivity contribution in [1.82, 2.24) is 4.90 Å². The maximum atomic E-state index is 11.8. The lowest BCUT2D eigenvalue weighted by atomic mass is 9.92. The van der Waals surface area contributed by atoms with Gasteiger partial charge in [-0.1, -0.05) is 12.8 Å². The molecule has 0 unspecified atom stereocenters. The number of nitrogens with zero attached hydrogens (tertiary/aromatic N) is 1. The van der Waals surface area contributed by atoms with E-state index in [2.05, 4.69) is 0 Å². The lowest BCUT2D eigenvalue weighted by Gasteiger charge is -2.31. The van der Waals surface area contributed by atoms with Gasteiger partial charge in [-0.2, -0.15) is 0 Å². The summed E-state index contributed by atoms with van der Waals surface area (Å²) in [4.78, 5) is 24.5. The van der Waals surface area contributed by atoms with Crippen molar-refractivity contribution in [1.29, 1.82) is 0 Å². The van der Waals surface area contributed by atoms with Crippen LogP contribution in [0.5, 0.6) is 0 Å². The minimum Gasteiger partial charge on any atom is -0.481 e. The minimum atomic E-state index is -0.852. The number of carboxylic acids is 1. The van der Waals surface area contributed by atoms with Crippen molar-refractivity contribution >= 4 is 11.9 Å². The molecular formula is C12H21NO3. The second-order valence-electron chi connectivity index (χ2n) is 5.17. The second-order valence-corrected chi connectivity index (χ2v) is 5.17. The van der Waals surface area contributed by atoms with Gasteiger partial charge in [0.25, 0.3) is 0 Å². The summed E-state index contributed by atoms with van der Waals surface area (Å²) in [6, 6.07) is 0. The Hall–Kier alpha value is -1.06. The van der Waals surface area contributed by atoms with Gasteiger partial charge < -0.3 is 10.0 Å². The predicted octanol–water partition coefficient (Wildman–Crippen LogP) is 1.89. The van der Waals surface area contributed by atoms with E-state index >= 15 is 0 Å². The molecule has 0 bridgehead atoms. The quantitative estimate of drug-likeness (QED) is 0.801. The number of hydrogen-bond acceptors (Lipinski definition) is 2. The van der Waals surface area contributed by atoms with E-state index in [1.54, 1.807) is 18.7 Å². The fourth-order valence-electron chi connectivity index (χ4n) is 1.93. The van der Waals surface area contributed by atoms with Gasteiger partial charge in [0, 0.05) is 19.5 Å². The third-order valence-corrected chi connectivity index (χ3v) is 3.09. The summed E-state index contributed by atoms with van der Waals surface area (Å²) in [6.45, 7) is 4.36. The molecule has 0 spiro atoms. The third-order valence-electron chi connectivity index (χ3n) is 3.09. The van der Waals surface area contributed by atoms with Crippen LogP contribution in [-0.4, -0.2) is 35.0 Å². The van der Waals surface area contributed by atoms with Crippen molar-refractivity contribution < 1.29 is 14.7 Å². The number of aliphatic carboxylic acids is 1. The van der Waals surface area contributed by atoms with Crippen LogP contribution in [0.15, 0.2) is 0 Å². The largest absolute Gasteiger partial charge is 0.481 e. The summed E-state index contributed by atoms with van der Waals surface area (Å²) in [5.74, 6) is -0.739. The monoisotopic (exact) mass is 227 g/mol. The number of rotatable bonds is 3. The fourth-order valence-corrected chi connectivity index (χ4v) is 1.93. The third kappa shape index (κ3) is 3.51. The molecule has 1 saturated heterocycles. The van der Waals surface area contributed by atoms with Crippen LogP contribution in [0.2, 0.25) is 0 Å². The Kier molecular flexibility index (Phi) is 4.33. The zero-order chi connectivity index (χ0) is 12.2. The normalized spacial score (nSPS) is 19.1. The van der Waals surface area contributed by atoms with Crippen LogP contribution in [0.1, 0.15) is 46.0 Å². The number of likely N-dealkylation sites (tertiary alicyclic amines) is 1. The summed E-state index contributed by atoms with van der Waals surface area (Å²) >= 11 is 0. The van der Waals surface area contributed by atoms with E-state index in [-0.39, 0.29) is 5.91 Å². The molecule has 0 aromatic heterocycles. The first kappa shape index (κ1) is 13.0. The number of amides is 1. The molecule has 1 aliphatic heterocycles. The summed E-state index contributed by atoms with van der Waals surface area (Å²) in [7, 11) is 0. The Morgan fingerprint density at radius 3 is 2.56 bits per heavy atom. The van der Waals surface area contributed by atoms with E-state index in [0.717, 1.165) is 25.7 Å². The molecule has 1 fully saturated rings. The van der Waals surface area contributed by atoms with Crippen LogP contribution in [-0.2, 0) is 9.59 Å². The molecule has 0 atom stereocenters. The Labute approximate surface area is 96.6 Å². The standard InChI is InChI=1S/C12H21NO3/c1-12(2,11(15)16)9-13-8-6-4-3-5-7-10(13)14/h3-9H2,1-2H3,(H,15,16). The Balaban J connectivity index is 2.62. The van der Waals surface area contributed by atoms with E-state index in [4.69, 9.17) is 5.11 Å². The van der Waals surface area contributed by atoms with Gasteiger partial charge in [-0.05, 0) is 26.7 Å². The van der Waals surface area contributed by atoms with Crippen LogP contribution < -0.4 is 0 Å². The van der Waals surface area contributed by atoms with Crippen LogP contribution in [0, 0.1) is 5.41 Å². The maximum Gasteiger partial charge on any atom is 0.310 e. The zero-order valence-electron chi connectivity index (χ0n) is 10.2. The number of hydrogen-bond donors (Lipinski definition) is 1. The van der Waals surface area contributed by atoms with Gasteiger partial charge in [-0.15, -0.1) is 0 Å². The highest BCUT2D eigenvalue weighted by Crippen LogP contribution is 2.20. The minimum absolute atomic E-state index is 0.106. The molecule has 0 aromatic carbocycles. The highest BCUT2D eigenvalue weighted by atomic mass is 16.4. The maximum absolute atomic E-state index is 11.8. The van der Waals surface area contributed by atoms with Gasteiger partial charge in [0.1, 0.15) is 0 Å². The number of carbonyl (C=O) groups is 2. The Morgan fingerprint density at radius 2 is 1.94 bits per heavy atom. The van der Waals surface area contributed by atoms with Crippen molar-refractivity contribution in [2.24, 2.45) is 5.41 Å². The van der Waals surface area contributed by atoms with Crippen molar-refractivity contribution in [2.75, 3.05) is 13.1 Å². The predicted molar refractivity (Wildman–Crippen MR) is 61.1 cm³/mol. The Bertz CT molecular complexity index is 273. The molecule has 1 rings (SSSR count). The van der Waals surface area contributed by atoms with Crippen molar-refractivity contribution in [2.45, 2.75) is 46.0 Å². The van der Waals surface area contributed by atoms with Gasteiger partial charge in [0.2, 0.25) is 5.91 Å². The molecule has 0 aromatic rings. The molecular weight excluding hydrogens is 206 g/mol. The summed E-state index contributed by atoms with van der Waals surface area (Å²) in [6.07, 6.45) is 4.74. The molecule has 16 heavy (non-hydrogen) atoms. The number of carboxylic acid groups (broad SMARTS) is 1. The van der Waals surface area contributed by atoms with E-state index in [1.807, 2.05) is 0 Å². The summed E-state index contributed by atoms with van der Waals surface area (Å²) in [5.41, 5.74) is -0.852. The lowest BCUT2D eigenvalue weighted by molar-refractivity contribution is -0.149. The fraction of sp³-hybridized carbons (Fsp3) is 0.833. The molecule has 1 aliphatic rings. The van der Waals surface area contributed by atoms with Crippen LogP contribution in [0.4, 0.5) is 0 Å². The molecule has 1 heterocycles. The SMILES string of the molecule is CC(C)(CN1CCCCCCC1=O)C(=O)O. The van der Waals surface area contributed by atoms with Gasteiger partial charge >= 0.3 is 5.97 Å². The summed E-state index contributed by atoms with van der Waals surface area (Å²) < 4.78 is 0. The van der Waals surface area contributed by atoms with E-state index in [1.165, 1.54) is 0 Å².